The van der Waals surface area contributed by atoms with Crippen LogP contribution in [0.15, 0.2) is 60.8 Å². The van der Waals surface area contributed by atoms with E-state index in [2.05, 4.69) is 20.5 Å². The van der Waals surface area contributed by atoms with Crippen LogP contribution in [0.25, 0.3) is 0 Å². The van der Waals surface area contributed by atoms with E-state index in [-0.39, 0.29) is 18.8 Å². The topological polar surface area (TPSA) is 91.3 Å². The number of nitrogens with zero attached hydrogens (tertiary/aromatic N) is 5. The Kier molecular flexibility index (Phi) is 6.47. The maximum Gasteiger partial charge on any atom is 0.416 e. The van der Waals surface area contributed by atoms with Gasteiger partial charge in [0.2, 0.25) is 10.0 Å². The third kappa shape index (κ3) is 5.76. The van der Waals surface area contributed by atoms with Crippen molar-refractivity contribution in [1.82, 2.24) is 19.5 Å². The van der Waals surface area contributed by atoms with Crippen molar-refractivity contribution in [3.63, 3.8) is 0 Å². The Labute approximate surface area is 189 Å². The molecule has 3 heterocycles. The van der Waals surface area contributed by atoms with Crippen molar-refractivity contribution in [2.45, 2.75) is 11.9 Å². The van der Waals surface area contributed by atoms with E-state index in [1.807, 2.05) is 17.0 Å². The van der Waals surface area contributed by atoms with Gasteiger partial charge in [0.1, 0.15) is 5.82 Å². The molecule has 33 heavy (non-hydrogen) atoms. The van der Waals surface area contributed by atoms with Gasteiger partial charge in [0, 0.05) is 32.4 Å². The number of halogens is 3. The van der Waals surface area contributed by atoms with Gasteiger partial charge in [0.05, 0.1) is 11.3 Å². The molecule has 0 aliphatic carbocycles. The van der Waals surface area contributed by atoms with E-state index in [4.69, 9.17) is 0 Å². The lowest BCUT2D eigenvalue weighted by atomic mass is 10.1. The first-order valence-electron chi connectivity index (χ1n) is 10.1. The Morgan fingerprint density at radius 3 is 2.18 bits per heavy atom. The monoisotopic (exact) mass is 478 g/mol. The molecule has 0 unspecified atom stereocenters. The highest BCUT2D eigenvalue weighted by Crippen LogP contribution is 2.29. The molecular formula is C21H21F3N6O2S. The molecule has 4 rings (SSSR count). The van der Waals surface area contributed by atoms with Crippen LogP contribution < -0.4 is 10.2 Å². The first kappa shape index (κ1) is 22.9. The predicted octanol–water partition coefficient (Wildman–Crippen LogP) is 3.29. The molecule has 1 N–H and O–H groups in total. The molecule has 1 saturated heterocycles. The second kappa shape index (κ2) is 9.32. The molecule has 12 heteroatoms. The van der Waals surface area contributed by atoms with Crippen LogP contribution in [-0.4, -0.2) is 54.1 Å². The average Bonchev–Trinajstić information content (AvgIpc) is 2.80. The van der Waals surface area contributed by atoms with Crippen LogP contribution in [0, 0.1) is 0 Å². The van der Waals surface area contributed by atoms with Gasteiger partial charge >= 0.3 is 6.18 Å². The molecule has 1 fully saturated rings. The van der Waals surface area contributed by atoms with Gasteiger partial charge in [-0.2, -0.15) is 17.5 Å². The summed E-state index contributed by atoms with van der Waals surface area (Å²) < 4.78 is 64.9. The lowest BCUT2D eigenvalue weighted by Crippen LogP contribution is -2.49. The van der Waals surface area contributed by atoms with Crippen LogP contribution in [0.4, 0.5) is 30.6 Å². The van der Waals surface area contributed by atoms with Crippen molar-refractivity contribution in [2.75, 3.05) is 36.4 Å². The maximum atomic E-state index is 12.7. The van der Waals surface area contributed by atoms with E-state index in [0.29, 0.717) is 36.1 Å². The summed E-state index contributed by atoms with van der Waals surface area (Å²) in [5.41, 5.74) is -0.494. The van der Waals surface area contributed by atoms with Crippen molar-refractivity contribution in [3.8, 4) is 0 Å². The minimum absolute atomic E-state index is 0.249. The van der Waals surface area contributed by atoms with Crippen LogP contribution in [-0.2, 0) is 22.0 Å². The number of pyridine rings is 1. The first-order valence-corrected chi connectivity index (χ1v) is 11.7. The Bertz CT molecular complexity index is 1170. The van der Waals surface area contributed by atoms with Gasteiger partial charge in [-0.25, -0.2) is 13.4 Å². The highest BCUT2D eigenvalue weighted by Gasteiger charge is 2.31. The molecule has 8 nitrogen and oxygen atoms in total. The van der Waals surface area contributed by atoms with Gasteiger partial charge in [0.15, 0.2) is 11.6 Å². The minimum atomic E-state index is -4.46. The zero-order valence-corrected chi connectivity index (χ0v) is 18.2. The zero-order valence-electron chi connectivity index (χ0n) is 17.4. The standard InChI is InChI=1S/C21H21F3N6O2S/c22-21(23,24)17-6-4-16(5-7-17)15-33(31,32)30-13-11-29(12-14-30)20-9-8-19(27-28-20)26-18-3-1-2-10-25-18/h1-10H,11-15H2,(H,25,26,27). The summed E-state index contributed by atoms with van der Waals surface area (Å²) in [5, 5.41) is 11.4. The quantitative estimate of drug-likeness (QED) is 0.581. The summed E-state index contributed by atoms with van der Waals surface area (Å²) in [6, 6.07) is 13.2. The number of hydrogen-bond acceptors (Lipinski definition) is 7. The van der Waals surface area contributed by atoms with Crippen molar-refractivity contribution < 1.29 is 21.6 Å². The summed E-state index contributed by atoms with van der Waals surface area (Å²) in [5.74, 6) is 1.46. The second-order valence-corrected chi connectivity index (χ2v) is 9.42. The van der Waals surface area contributed by atoms with Crippen molar-refractivity contribution >= 4 is 27.5 Å². The summed E-state index contributed by atoms with van der Waals surface area (Å²) in [6.45, 7) is 1.35. The average molecular weight is 479 g/mol. The maximum absolute atomic E-state index is 12.7. The molecule has 1 aromatic carbocycles. The Morgan fingerprint density at radius 2 is 1.61 bits per heavy atom. The minimum Gasteiger partial charge on any atom is -0.352 e. The summed E-state index contributed by atoms with van der Waals surface area (Å²) >= 11 is 0. The van der Waals surface area contributed by atoms with Crippen LogP contribution in [0.2, 0.25) is 0 Å². The number of anilines is 3. The highest BCUT2D eigenvalue weighted by molar-refractivity contribution is 7.88. The van der Waals surface area contributed by atoms with E-state index < -0.39 is 21.8 Å². The van der Waals surface area contributed by atoms with Gasteiger partial charge in [-0.1, -0.05) is 18.2 Å². The summed E-state index contributed by atoms with van der Waals surface area (Å²) in [4.78, 5) is 6.09. The Hall–Kier alpha value is -3.25. The normalized spacial score (nSPS) is 15.4. The third-order valence-electron chi connectivity index (χ3n) is 5.16. The lowest BCUT2D eigenvalue weighted by Gasteiger charge is -2.34. The van der Waals surface area contributed by atoms with Crippen LogP contribution in [0.5, 0.6) is 0 Å². The molecule has 3 aromatic rings. The Morgan fingerprint density at radius 1 is 0.879 bits per heavy atom. The third-order valence-corrected chi connectivity index (χ3v) is 7.01. The largest absolute Gasteiger partial charge is 0.416 e. The fraction of sp³-hybridized carbons (Fsp3) is 0.286. The first-order chi connectivity index (χ1) is 15.7. The number of benzene rings is 1. The predicted molar refractivity (Wildman–Crippen MR) is 117 cm³/mol. The molecule has 0 amide bonds. The molecule has 1 aliphatic heterocycles. The number of aromatic nitrogens is 3. The number of piperazine rings is 1. The molecule has 1 aliphatic rings. The fourth-order valence-corrected chi connectivity index (χ4v) is 4.93. The van der Waals surface area contributed by atoms with Crippen LogP contribution in [0.3, 0.4) is 0 Å². The SMILES string of the molecule is O=S(=O)(Cc1ccc(C(F)(F)F)cc1)N1CCN(c2ccc(Nc3ccccn3)nn2)CC1. The van der Waals surface area contributed by atoms with E-state index in [1.54, 1.807) is 24.4 Å². The number of sulfonamides is 1. The number of hydrogen-bond donors (Lipinski definition) is 1. The van der Waals surface area contributed by atoms with Crippen molar-refractivity contribution in [1.29, 1.82) is 0 Å². The van der Waals surface area contributed by atoms with Crippen LogP contribution in [0.1, 0.15) is 11.1 Å². The van der Waals surface area contributed by atoms with Crippen LogP contribution >= 0.6 is 0 Å². The van der Waals surface area contributed by atoms with Gasteiger partial charge in [-0.15, -0.1) is 10.2 Å². The molecule has 0 spiro atoms. The summed E-state index contributed by atoms with van der Waals surface area (Å²) in [7, 11) is -3.66. The molecular weight excluding hydrogens is 457 g/mol. The molecule has 174 valence electrons. The number of rotatable bonds is 6. The molecule has 0 atom stereocenters. The smallest absolute Gasteiger partial charge is 0.352 e. The highest BCUT2D eigenvalue weighted by atomic mass is 32.2. The molecule has 0 radical (unpaired) electrons. The van der Waals surface area contributed by atoms with Crippen molar-refractivity contribution in [2.24, 2.45) is 0 Å². The molecule has 0 bridgehead atoms. The van der Waals surface area contributed by atoms with E-state index >= 15 is 0 Å². The van der Waals surface area contributed by atoms with Gasteiger partial charge in [0.25, 0.3) is 0 Å². The van der Waals surface area contributed by atoms with Gasteiger partial charge in [-0.3, -0.25) is 0 Å². The fourth-order valence-electron chi connectivity index (χ4n) is 3.42. The Balaban J connectivity index is 1.33. The van der Waals surface area contributed by atoms with E-state index in [0.717, 1.165) is 12.1 Å². The van der Waals surface area contributed by atoms with E-state index in [1.165, 1.54) is 16.4 Å². The zero-order chi connectivity index (χ0) is 23.5. The number of alkyl halides is 3. The molecule has 2 aromatic heterocycles. The molecule has 0 saturated carbocycles. The van der Waals surface area contributed by atoms with Gasteiger partial charge < -0.3 is 10.2 Å². The number of nitrogens with one attached hydrogen (secondary N) is 1. The second-order valence-electron chi connectivity index (χ2n) is 7.45. The van der Waals surface area contributed by atoms with Gasteiger partial charge in [-0.05, 0) is 42.0 Å². The lowest BCUT2D eigenvalue weighted by molar-refractivity contribution is -0.137. The van der Waals surface area contributed by atoms with E-state index in [9.17, 15) is 21.6 Å². The summed E-state index contributed by atoms with van der Waals surface area (Å²) in [6.07, 6.45) is -2.79. The van der Waals surface area contributed by atoms with Crippen molar-refractivity contribution in [3.05, 3.63) is 71.9 Å².